The molecule has 9 heteroatoms. The van der Waals surface area contributed by atoms with Crippen LogP contribution in [-0.2, 0) is 6.18 Å². The number of nitrogens with one attached hydrogen (secondary N) is 1. The molecule has 0 saturated carbocycles. The van der Waals surface area contributed by atoms with E-state index in [1.54, 1.807) is 25.1 Å². The normalized spacial score (nSPS) is 11.2. The van der Waals surface area contributed by atoms with Crippen LogP contribution in [0.5, 0.6) is 11.5 Å². The molecular weight excluding hydrogens is 367 g/mol. The summed E-state index contributed by atoms with van der Waals surface area (Å²) in [5.74, 6) is -0.154. The fourth-order valence-corrected chi connectivity index (χ4v) is 2.68. The minimum atomic E-state index is -4.46. The summed E-state index contributed by atoms with van der Waals surface area (Å²) < 4.78 is 43.8. The zero-order valence-electron chi connectivity index (χ0n) is 13.4. The number of halogens is 3. The van der Waals surface area contributed by atoms with Gasteiger partial charge in [0.1, 0.15) is 16.5 Å². The van der Waals surface area contributed by atoms with Crippen LogP contribution in [0.4, 0.5) is 18.3 Å². The first-order valence-corrected chi connectivity index (χ1v) is 8.19. The lowest BCUT2D eigenvalue weighted by atomic mass is 10.2. The van der Waals surface area contributed by atoms with E-state index in [1.807, 2.05) is 0 Å². The Morgan fingerprint density at radius 2 is 1.77 bits per heavy atom. The molecule has 1 N–H and O–H groups in total. The lowest BCUT2D eigenvalue weighted by molar-refractivity contribution is -0.137. The number of benzene rings is 2. The van der Waals surface area contributed by atoms with Crippen molar-refractivity contribution in [2.45, 2.75) is 13.1 Å². The predicted octanol–water partition coefficient (Wildman–Crippen LogP) is 4.91. The Labute approximate surface area is 150 Å². The molecule has 2 aromatic carbocycles. The van der Waals surface area contributed by atoms with Crippen LogP contribution in [0.3, 0.4) is 0 Å². The fraction of sp³-hybridized carbons (Fsp3) is 0.118. The fourth-order valence-electron chi connectivity index (χ4n) is 2.09. The molecule has 0 aliphatic heterocycles. The van der Waals surface area contributed by atoms with Gasteiger partial charge in [-0.25, -0.2) is 0 Å². The molecule has 0 aliphatic carbocycles. The maximum Gasteiger partial charge on any atom is 0.416 e. The molecule has 5 nitrogen and oxygen atoms in total. The van der Waals surface area contributed by atoms with Crippen molar-refractivity contribution in [3.05, 3.63) is 64.7 Å². The number of hydrogen-bond donors (Lipinski definition) is 1. The number of amides is 1. The number of alkyl halides is 3. The first-order chi connectivity index (χ1) is 12.3. The summed E-state index contributed by atoms with van der Waals surface area (Å²) in [6.45, 7) is 1.76. The molecule has 0 bridgehead atoms. The molecule has 0 unspecified atom stereocenters. The summed E-state index contributed by atoms with van der Waals surface area (Å²) in [4.78, 5) is 12.2. The van der Waals surface area contributed by atoms with Crippen molar-refractivity contribution >= 4 is 22.4 Å². The van der Waals surface area contributed by atoms with Crippen molar-refractivity contribution in [1.82, 2.24) is 10.2 Å². The Kier molecular flexibility index (Phi) is 4.90. The maximum atomic E-state index is 12.8. The van der Waals surface area contributed by atoms with Crippen molar-refractivity contribution in [2.24, 2.45) is 0 Å². The van der Waals surface area contributed by atoms with Gasteiger partial charge in [0.2, 0.25) is 5.13 Å². The van der Waals surface area contributed by atoms with Gasteiger partial charge in [-0.15, -0.1) is 10.2 Å². The van der Waals surface area contributed by atoms with Crippen LogP contribution in [-0.4, -0.2) is 16.1 Å². The molecule has 0 spiro atoms. The molecule has 0 fully saturated rings. The number of ether oxygens (including phenoxy) is 1. The lowest BCUT2D eigenvalue weighted by Crippen LogP contribution is -2.11. The molecule has 3 rings (SSSR count). The Morgan fingerprint density at radius 1 is 1.08 bits per heavy atom. The van der Waals surface area contributed by atoms with Gasteiger partial charge in [-0.05, 0) is 43.3 Å². The molecule has 0 aliphatic rings. The van der Waals surface area contributed by atoms with E-state index in [0.29, 0.717) is 10.1 Å². The van der Waals surface area contributed by atoms with Gasteiger partial charge in [-0.1, -0.05) is 23.5 Å². The summed E-state index contributed by atoms with van der Waals surface area (Å²) >= 11 is 1.23. The molecule has 1 amide bonds. The lowest BCUT2D eigenvalue weighted by Gasteiger charge is -2.10. The second-order valence-corrected chi connectivity index (χ2v) is 6.42. The van der Waals surface area contributed by atoms with Crippen LogP contribution in [0.2, 0.25) is 0 Å². The molecule has 1 aromatic heterocycles. The monoisotopic (exact) mass is 379 g/mol. The number of aryl methyl sites for hydroxylation is 1. The van der Waals surface area contributed by atoms with Gasteiger partial charge in [0.05, 0.1) is 5.56 Å². The topological polar surface area (TPSA) is 64.1 Å². The van der Waals surface area contributed by atoms with Gasteiger partial charge < -0.3 is 4.74 Å². The van der Waals surface area contributed by atoms with E-state index in [2.05, 4.69) is 15.5 Å². The Bertz CT molecular complexity index is 941. The first kappa shape index (κ1) is 17.9. The SMILES string of the molecule is Cc1nnc(NC(=O)c2cccc(Oc3cccc(C(F)(F)F)c3)c2)s1. The molecule has 0 atom stereocenters. The van der Waals surface area contributed by atoms with Crippen LogP contribution in [0.25, 0.3) is 0 Å². The largest absolute Gasteiger partial charge is 0.457 e. The van der Waals surface area contributed by atoms with Crippen molar-refractivity contribution < 1.29 is 22.7 Å². The smallest absolute Gasteiger partial charge is 0.416 e. The Balaban J connectivity index is 1.76. The van der Waals surface area contributed by atoms with Crippen molar-refractivity contribution in [2.75, 3.05) is 5.32 Å². The number of carbonyl (C=O) groups is 1. The average molecular weight is 379 g/mol. The van der Waals surface area contributed by atoms with Crippen molar-refractivity contribution in [3.8, 4) is 11.5 Å². The van der Waals surface area contributed by atoms with Gasteiger partial charge in [-0.2, -0.15) is 13.2 Å². The Morgan fingerprint density at radius 3 is 2.42 bits per heavy atom. The molecule has 0 saturated heterocycles. The van der Waals surface area contributed by atoms with E-state index in [-0.39, 0.29) is 17.1 Å². The highest BCUT2D eigenvalue weighted by atomic mass is 32.1. The van der Waals surface area contributed by atoms with Gasteiger partial charge in [0.25, 0.3) is 5.91 Å². The average Bonchev–Trinajstić information content (AvgIpc) is 2.99. The van der Waals surface area contributed by atoms with Crippen molar-refractivity contribution in [3.63, 3.8) is 0 Å². The van der Waals surface area contributed by atoms with Crippen LogP contribution >= 0.6 is 11.3 Å². The third kappa shape index (κ3) is 4.37. The number of anilines is 1. The molecule has 26 heavy (non-hydrogen) atoms. The first-order valence-electron chi connectivity index (χ1n) is 7.38. The van der Waals surface area contributed by atoms with Gasteiger partial charge >= 0.3 is 6.18 Å². The highest BCUT2D eigenvalue weighted by Gasteiger charge is 2.30. The third-order valence-corrected chi connectivity index (χ3v) is 3.99. The quantitative estimate of drug-likeness (QED) is 0.700. The van der Waals surface area contributed by atoms with E-state index in [0.717, 1.165) is 12.1 Å². The molecule has 134 valence electrons. The van der Waals surface area contributed by atoms with E-state index < -0.39 is 17.6 Å². The highest BCUT2D eigenvalue weighted by molar-refractivity contribution is 7.15. The van der Waals surface area contributed by atoms with Gasteiger partial charge in [0.15, 0.2) is 0 Å². The van der Waals surface area contributed by atoms with E-state index >= 15 is 0 Å². The summed E-state index contributed by atoms with van der Waals surface area (Å²) in [6.07, 6.45) is -4.46. The number of aromatic nitrogens is 2. The van der Waals surface area contributed by atoms with E-state index in [4.69, 9.17) is 4.74 Å². The number of carbonyl (C=O) groups excluding carboxylic acids is 1. The molecular formula is C17H12F3N3O2S. The second-order valence-electron chi connectivity index (χ2n) is 5.24. The minimum absolute atomic E-state index is 0.0251. The van der Waals surface area contributed by atoms with E-state index in [1.165, 1.54) is 29.5 Å². The summed E-state index contributed by atoms with van der Waals surface area (Å²) in [5.41, 5.74) is -0.530. The Hall–Kier alpha value is -2.94. The standard InChI is InChI=1S/C17H12F3N3O2S/c1-10-22-23-16(26-10)21-15(24)11-4-2-6-13(8-11)25-14-7-3-5-12(9-14)17(18,19)20/h2-9H,1H3,(H,21,23,24). The zero-order chi connectivity index (χ0) is 18.7. The van der Waals surface area contributed by atoms with Crippen LogP contribution < -0.4 is 10.1 Å². The van der Waals surface area contributed by atoms with E-state index in [9.17, 15) is 18.0 Å². The van der Waals surface area contributed by atoms with Crippen molar-refractivity contribution in [1.29, 1.82) is 0 Å². The van der Waals surface area contributed by atoms with Gasteiger partial charge in [-0.3, -0.25) is 10.1 Å². The van der Waals surface area contributed by atoms with Crippen LogP contribution in [0.15, 0.2) is 48.5 Å². The number of hydrogen-bond acceptors (Lipinski definition) is 5. The minimum Gasteiger partial charge on any atom is -0.457 e. The summed E-state index contributed by atoms with van der Waals surface area (Å²) in [5, 5.41) is 11.3. The number of nitrogens with zero attached hydrogens (tertiary/aromatic N) is 2. The summed E-state index contributed by atoms with van der Waals surface area (Å²) in [6, 6.07) is 10.6. The predicted molar refractivity (Wildman–Crippen MR) is 90.6 cm³/mol. The number of rotatable bonds is 4. The van der Waals surface area contributed by atoms with Gasteiger partial charge in [0, 0.05) is 5.56 Å². The zero-order valence-corrected chi connectivity index (χ0v) is 14.2. The second kappa shape index (κ2) is 7.12. The summed E-state index contributed by atoms with van der Waals surface area (Å²) in [7, 11) is 0. The van der Waals surface area contributed by atoms with Crippen LogP contribution in [0.1, 0.15) is 20.9 Å². The third-order valence-electron chi connectivity index (χ3n) is 3.24. The molecule has 1 heterocycles. The molecule has 0 radical (unpaired) electrons. The van der Waals surface area contributed by atoms with Crippen LogP contribution in [0, 0.1) is 6.92 Å². The highest BCUT2D eigenvalue weighted by Crippen LogP contribution is 2.32. The molecule has 3 aromatic rings. The maximum absolute atomic E-state index is 12.8.